The second kappa shape index (κ2) is 5.52. The van der Waals surface area contributed by atoms with Gasteiger partial charge in [0.25, 0.3) is 0 Å². The third-order valence-electron chi connectivity index (χ3n) is 2.37. The predicted molar refractivity (Wildman–Crippen MR) is 74.9 cm³/mol. The fourth-order valence-corrected chi connectivity index (χ4v) is 2.58. The molecule has 90 valence electrons. The fourth-order valence-electron chi connectivity index (χ4n) is 1.83. The summed E-state index contributed by atoms with van der Waals surface area (Å²) in [6, 6.07) is 6.12. The van der Waals surface area contributed by atoms with Crippen molar-refractivity contribution < 1.29 is 0 Å². The lowest BCUT2D eigenvalue weighted by molar-refractivity contribution is 0.338. The number of benzene rings is 1. The maximum Gasteiger partial charge on any atom is 0.0449 e. The van der Waals surface area contributed by atoms with Crippen molar-refractivity contribution in [3.63, 3.8) is 0 Å². The maximum atomic E-state index is 6.16. The van der Waals surface area contributed by atoms with E-state index in [1.54, 1.807) is 0 Å². The molecule has 1 atom stereocenters. The molecule has 0 amide bonds. The third-order valence-corrected chi connectivity index (χ3v) is 3.22. The van der Waals surface area contributed by atoms with Crippen LogP contribution in [0.25, 0.3) is 0 Å². The summed E-state index contributed by atoms with van der Waals surface area (Å²) >= 11 is 9.55. The van der Waals surface area contributed by atoms with Crippen molar-refractivity contribution in [1.29, 1.82) is 0 Å². The monoisotopic (exact) mass is 303 g/mol. The van der Waals surface area contributed by atoms with Gasteiger partial charge < -0.3 is 5.73 Å². The summed E-state index contributed by atoms with van der Waals surface area (Å²) in [7, 11) is 0. The van der Waals surface area contributed by atoms with Crippen LogP contribution in [0.4, 0.5) is 0 Å². The second-order valence-electron chi connectivity index (χ2n) is 5.46. The van der Waals surface area contributed by atoms with Gasteiger partial charge >= 0.3 is 0 Å². The molecule has 16 heavy (non-hydrogen) atoms. The Morgan fingerprint density at radius 2 is 2.00 bits per heavy atom. The molecule has 0 spiro atoms. The van der Waals surface area contributed by atoms with Crippen LogP contribution in [0, 0.1) is 5.41 Å². The Labute approximate surface area is 111 Å². The lowest BCUT2D eigenvalue weighted by atomic mass is 9.86. The molecule has 3 heteroatoms. The van der Waals surface area contributed by atoms with Crippen LogP contribution in [0.3, 0.4) is 0 Å². The molecule has 2 N–H and O–H groups in total. The summed E-state index contributed by atoms with van der Waals surface area (Å²) in [6.45, 7) is 6.61. The van der Waals surface area contributed by atoms with Crippen molar-refractivity contribution >= 4 is 27.5 Å². The van der Waals surface area contributed by atoms with Crippen molar-refractivity contribution in [2.45, 2.75) is 39.7 Å². The van der Waals surface area contributed by atoms with Crippen molar-refractivity contribution in [2.24, 2.45) is 11.1 Å². The van der Waals surface area contributed by atoms with Crippen LogP contribution >= 0.6 is 27.5 Å². The van der Waals surface area contributed by atoms with Crippen molar-refractivity contribution in [2.75, 3.05) is 0 Å². The van der Waals surface area contributed by atoms with Crippen LogP contribution in [-0.4, -0.2) is 6.04 Å². The molecule has 1 nitrogen and oxygen atoms in total. The van der Waals surface area contributed by atoms with E-state index in [9.17, 15) is 0 Å². The zero-order chi connectivity index (χ0) is 12.3. The quantitative estimate of drug-likeness (QED) is 0.879. The van der Waals surface area contributed by atoms with Gasteiger partial charge in [0.2, 0.25) is 0 Å². The van der Waals surface area contributed by atoms with Gasteiger partial charge in [0.1, 0.15) is 0 Å². The molecule has 0 aliphatic rings. The van der Waals surface area contributed by atoms with Crippen LogP contribution in [-0.2, 0) is 6.42 Å². The Morgan fingerprint density at radius 1 is 1.38 bits per heavy atom. The van der Waals surface area contributed by atoms with E-state index in [0.717, 1.165) is 27.9 Å². The van der Waals surface area contributed by atoms with Crippen LogP contribution < -0.4 is 5.73 Å². The Balaban J connectivity index is 2.66. The highest BCUT2D eigenvalue weighted by atomic mass is 79.9. The highest BCUT2D eigenvalue weighted by molar-refractivity contribution is 9.10. The van der Waals surface area contributed by atoms with Gasteiger partial charge in [0, 0.05) is 15.5 Å². The number of hydrogen-bond donors (Lipinski definition) is 1. The molecule has 0 saturated heterocycles. The van der Waals surface area contributed by atoms with Gasteiger partial charge in [-0.1, -0.05) is 54.4 Å². The molecule has 0 saturated carbocycles. The van der Waals surface area contributed by atoms with Crippen molar-refractivity contribution in [1.82, 2.24) is 0 Å². The largest absolute Gasteiger partial charge is 0.327 e. The molecule has 1 unspecified atom stereocenters. The molecule has 1 aromatic rings. The van der Waals surface area contributed by atoms with Gasteiger partial charge in [0.15, 0.2) is 0 Å². The van der Waals surface area contributed by atoms with E-state index in [4.69, 9.17) is 17.3 Å². The zero-order valence-electron chi connectivity index (χ0n) is 10.1. The molecule has 0 fully saturated rings. The molecule has 0 radical (unpaired) electrons. The Bertz CT molecular complexity index is 357. The van der Waals surface area contributed by atoms with Crippen LogP contribution in [0.5, 0.6) is 0 Å². The van der Waals surface area contributed by atoms with Gasteiger partial charge in [-0.15, -0.1) is 0 Å². The first-order valence-corrected chi connectivity index (χ1v) is 6.64. The Kier molecular flexibility index (Phi) is 4.84. The maximum absolute atomic E-state index is 6.16. The van der Waals surface area contributed by atoms with E-state index >= 15 is 0 Å². The van der Waals surface area contributed by atoms with E-state index in [0.29, 0.717) is 0 Å². The summed E-state index contributed by atoms with van der Waals surface area (Å²) in [5, 5.41) is 0.790. The average Bonchev–Trinajstić information content (AvgIpc) is 2.06. The van der Waals surface area contributed by atoms with Gasteiger partial charge in [-0.2, -0.15) is 0 Å². The van der Waals surface area contributed by atoms with Gasteiger partial charge in [-0.3, -0.25) is 0 Å². The minimum Gasteiger partial charge on any atom is -0.327 e. The smallest absolute Gasteiger partial charge is 0.0449 e. The van der Waals surface area contributed by atoms with E-state index in [1.165, 1.54) is 0 Å². The first-order chi connectivity index (χ1) is 7.28. The van der Waals surface area contributed by atoms with E-state index in [2.05, 4.69) is 36.7 Å². The van der Waals surface area contributed by atoms with Crippen LogP contribution in [0.15, 0.2) is 22.7 Å². The molecule has 0 heterocycles. The van der Waals surface area contributed by atoms with E-state index < -0.39 is 0 Å². The molecule has 0 bridgehead atoms. The summed E-state index contributed by atoms with van der Waals surface area (Å²) in [4.78, 5) is 0. The van der Waals surface area contributed by atoms with Gasteiger partial charge in [-0.25, -0.2) is 0 Å². The van der Waals surface area contributed by atoms with Crippen molar-refractivity contribution in [3.05, 3.63) is 33.3 Å². The predicted octanol–water partition coefficient (Wildman–Crippen LogP) is 4.41. The molecule has 0 aromatic heterocycles. The van der Waals surface area contributed by atoms with Crippen LogP contribution in [0.1, 0.15) is 32.8 Å². The van der Waals surface area contributed by atoms with Gasteiger partial charge in [-0.05, 0) is 36.0 Å². The Morgan fingerprint density at radius 3 is 2.50 bits per heavy atom. The second-order valence-corrected chi connectivity index (χ2v) is 6.79. The summed E-state index contributed by atoms with van der Waals surface area (Å²) in [5.74, 6) is 0. The van der Waals surface area contributed by atoms with E-state index in [1.807, 2.05) is 18.2 Å². The number of rotatable bonds is 3. The molecule has 0 aliphatic heterocycles. The SMILES string of the molecule is CC(C)(C)CC(N)Cc1ccc(Br)cc1Cl. The molecular formula is C13H19BrClN. The third kappa shape index (κ3) is 4.86. The minimum atomic E-state index is 0.165. The van der Waals surface area contributed by atoms with E-state index in [-0.39, 0.29) is 11.5 Å². The summed E-state index contributed by atoms with van der Waals surface area (Å²) in [5.41, 5.74) is 7.52. The topological polar surface area (TPSA) is 26.0 Å². The number of halogens is 2. The first-order valence-electron chi connectivity index (χ1n) is 5.47. The molecule has 1 rings (SSSR count). The standard InChI is InChI=1S/C13H19BrClN/c1-13(2,3)8-11(16)6-9-4-5-10(14)7-12(9)15/h4-5,7,11H,6,8,16H2,1-3H3. The number of nitrogens with two attached hydrogens (primary N) is 1. The summed E-state index contributed by atoms with van der Waals surface area (Å²) < 4.78 is 1.01. The highest BCUT2D eigenvalue weighted by Crippen LogP contribution is 2.25. The zero-order valence-corrected chi connectivity index (χ0v) is 12.4. The fraction of sp³-hybridized carbons (Fsp3) is 0.538. The Hall–Kier alpha value is -0.0500. The van der Waals surface area contributed by atoms with Gasteiger partial charge in [0.05, 0.1) is 0 Å². The van der Waals surface area contributed by atoms with Crippen molar-refractivity contribution in [3.8, 4) is 0 Å². The molecular weight excluding hydrogens is 286 g/mol. The lowest BCUT2D eigenvalue weighted by Gasteiger charge is -2.23. The first kappa shape index (κ1) is 14.0. The van der Waals surface area contributed by atoms with Crippen LogP contribution in [0.2, 0.25) is 5.02 Å². The lowest BCUT2D eigenvalue weighted by Crippen LogP contribution is -2.28. The molecule has 0 aliphatic carbocycles. The normalized spacial score (nSPS) is 13.9. The molecule has 1 aromatic carbocycles. The minimum absolute atomic E-state index is 0.165. The number of hydrogen-bond acceptors (Lipinski definition) is 1. The highest BCUT2D eigenvalue weighted by Gasteiger charge is 2.16. The average molecular weight is 305 g/mol. The summed E-state index contributed by atoms with van der Waals surface area (Å²) in [6.07, 6.45) is 1.84.